The van der Waals surface area contributed by atoms with E-state index in [-0.39, 0.29) is 0 Å². The van der Waals surface area contributed by atoms with E-state index in [4.69, 9.17) is 6.57 Å². The van der Waals surface area contributed by atoms with Crippen molar-refractivity contribution in [2.45, 2.75) is 0 Å². The first-order chi connectivity index (χ1) is 18.8. The molecule has 1 nitrogen and oxygen atoms in total. The van der Waals surface area contributed by atoms with Crippen LogP contribution in [0, 0.1) is 6.57 Å². The van der Waals surface area contributed by atoms with Crippen LogP contribution in [0.5, 0.6) is 0 Å². The molecule has 0 aliphatic rings. The Balaban J connectivity index is 1.59. The molecule has 1 heteroatoms. The lowest BCUT2D eigenvalue weighted by Crippen LogP contribution is -1.92. The van der Waals surface area contributed by atoms with Gasteiger partial charge in [-0.25, -0.2) is 4.85 Å². The van der Waals surface area contributed by atoms with Crippen molar-refractivity contribution < 1.29 is 0 Å². The molecule has 7 aromatic carbocycles. The number of nitrogens with zero attached hydrogens (tertiary/aromatic N) is 1. The molecule has 176 valence electrons. The van der Waals surface area contributed by atoms with Crippen molar-refractivity contribution in [2.75, 3.05) is 0 Å². The van der Waals surface area contributed by atoms with E-state index in [2.05, 4.69) is 132 Å². The van der Waals surface area contributed by atoms with E-state index in [9.17, 15) is 0 Å². The van der Waals surface area contributed by atoms with Gasteiger partial charge in [-0.2, -0.15) is 0 Å². The van der Waals surface area contributed by atoms with Gasteiger partial charge in [0.1, 0.15) is 0 Å². The topological polar surface area (TPSA) is 4.36 Å². The molecule has 0 aromatic heterocycles. The maximum Gasteiger partial charge on any atom is 0.187 e. The zero-order chi connectivity index (χ0) is 25.5. The summed E-state index contributed by atoms with van der Waals surface area (Å²) >= 11 is 0. The van der Waals surface area contributed by atoms with Crippen LogP contribution >= 0.6 is 0 Å². The summed E-state index contributed by atoms with van der Waals surface area (Å²) in [7, 11) is 0. The first-order valence-electron chi connectivity index (χ1n) is 12.8. The Bertz CT molecular complexity index is 1950. The van der Waals surface area contributed by atoms with E-state index < -0.39 is 0 Å². The largest absolute Gasteiger partial charge is 0.238 e. The predicted molar refractivity (Wildman–Crippen MR) is 162 cm³/mol. The molecule has 0 N–H and O–H groups in total. The van der Waals surface area contributed by atoms with Crippen LogP contribution in [0.15, 0.2) is 140 Å². The second-order valence-electron chi connectivity index (χ2n) is 9.57. The van der Waals surface area contributed by atoms with Crippen LogP contribution in [0.4, 0.5) is 5.69 Å². The third kappa shape index (κ3) is 3.47. The van der Waals surface area contributed by atoms with Crippen LogP contribution in [-0.2, 0) is 0 Å². The Hall–Kier alpha value is -5.19. The summed E-state index contributed by atoms with van der Waals surface area (Å²) in [5.41, 5.74) is 7.96. The number of hydrogen-bond donors (Lipinski definition) is 0. The lowest BCUT2D eigenvalue weighted by molar-refractivity contribution is 1.64. The fraction of sp³-hybridized carbons (Fsp3) is 0. The fourth-order valence-electron chi connectivity index (χ4n) is 5.82. The van der Waals surface area contributed by atoms with Crippen molar-refractivity contribution in [1.82, 2.24) is 0 Å². The Labute approximate surface area is 222 Å². The summed E-state index contributed by atoms with van der Waals surface area (Å²) in [4.78, 5) is 3.59. The summed E-state index contributed by atoms with van der Waals surface area (Å²) in [5.74, 6) is 0. The lowest BCUT2D eigenvalue weighted by atomic mass is 9.84. The number of rotatable bonds is 3. The molecule has 0 aliphatic heterocycles. The molecule has 0 radical (unpaired) electrons. The Morgan fingerprint density at radius 2 is 0.789 bits per heavy atom. The predicted octanol–water partition coefficient (Wildman–Crippen LogP) is 10.7. The van der Waals surface area contributed by atoms with Crippen LogP contribution in [0.3, 0.4) is 0 Å². The van der Waals surface area contributed by atoms with Crippen LogP contribution in [0.2, 0.25) is 0 Å². The molecule has 0 saturated heterocycles. The minimum absolute atomic E-state index is 0.656. The van der Waals surface area contributed by atoms with Gasteiger partial charge in [0.2, 0.25) is 0 Å². The van der Waals surface area contributed by atoms with E-state index >= 15 is 0 Å². The molecule has 0 heterocycles. The van der Waals surface area contributed by atoms with Gasteiger partial charge in [0, 0.05) is 0 Å². The summed E-state index contributed by atoms with van der Waals surface area (Å²) in [6.07, 6.45) is 0. The van der Waals surface area contributed by atoms with Crippen LogP contribution in [0.1, 0.15) is 0 Å². The SMILES string of the molecule is [C-]#[N+]c1ccc(-c2c3ccccc3c(-c3ccc(-c4ccccc4)c4ccccc34)c3ccccc23)cc1. The van der Waals surface area contributed by atoms with Crippen LogP contribution < -0.4 is 0 Å². The number of fused-ring (bicyclic) bond motifs is 3. The monoisotopic (exact) mass is 481 g/mol. The van der Waals surface area contributed by atoms with Gasteiger partial charge in [-0.15, -0.1) is 0 Å². The maximum absolute atomic E-state index is 7.37. The zero-order valence-corrected chi connectivity index (χ0v) is 20.7. The second-order valence-corrected chi connectivity index (χ2v) is 9.57. The maximum atomic E-state index is 7.37. The van der Waals surface area contributed by atoms with Crippen LogP contribution in [0.25, 0.3) is 70.5 Å². The highest BCUT2D eigenvalue weighted by atomic mass is 14.6. The Kier molecular flexibility index (Phi) is 5.24. The van der Waals surface area contributed by atoms with Gasteiger partial charge in [0.15, 0.2) is 5.69 Å². The van der Waals surface area contributed by atoms with Gasteiger partial charge in [-0.05, 0) is 65.7 Å². The van der Waals surface area contributed by atoms with E-state index in [1.54, 1.807) is 0 Å². The molecule has 0 amide bonds. The standard InChI is InChI=1S/C37H23N/c1-38-27-21-19-26(20-22-27)36-31-15-7-9-17-33(31)37(34-18-10-8-16-32(34)36)35-24-23-28(25-11-3-2-4-12-25)29-13-5-6-14-30(29)35/h2-24H. The van der Waals surface area contributed by atoms with Crippen LogP contribution in [-0.4, -0.2) is 0 Å². The zero-order valence-electron chi connectivity index (χ0n) is 20.7. The molecule has 0 unspecified atom stereocenters. The minimum Gasteiger partial charge on any atom is -0.238 e. The fourth-order valence-corrected chi connectivity index (χ4v) is 5.82. The van der Waals surface area contributed by atoms with Gasteiger partial charge >= 0.3 is 0 Å². The number of benzene rings is 7. The van der Waals surface area contributed by atoms with E-state index in [0.29, 0.717) is 5.69 Å². The molecule has 0 atom stereocenters. The average Bonchev–Trinajstić information content (AvgIpc) is 3.00. The van der Waals surface area contributed by atoms with E-state index in [1.807, 2.05) is 12.1 Å². The Morgan fingerprint density at radius 1 is 0.342 bits per heavy atom. The van der Waals surface area contributed by atoms with E-state index in [0.717, 1.165) is 5.56 Å². The molecular formula is C37H23N. The van der Waals surface area contributed by atoms with Crippen molar-refractivity contribution in [3.63, 3.8) is 0 Å². The van der Waals surface area contributed by atoms with Crippen molar-refractivity contribution >= 4 is 38.0 Å². The number of hydrogen-bond acceptors (Lipinski definition) is 0. The van der Waals surface area contributed by atoms with Gasteiger partial charge in [-0.1, -0.05) is 140 Å². The molecule has 7 rings (SSSR count). The first kappa shape index (κ1) is 22.0. The highest BCUT2D eigenvalue weighted by Gasteiger charge is 2.18. The second kappa shape index (κ2) is 9.04. The third-order valence-electron chi connectivity index (χ3n) is 7.49. The molecule has 7 aromatic rings. The van der Waals surface area contributed by atoms with Gasteiger partial charge in [0.05, 0.1) is 6.57 Å². The summed E-state index contributed by atoms with van der Waals surface area (Å²) in [5, 5.41) is 7.39. The molecule has 0 bridgehead atoms. The quantitative estimate of drug-likeness (QED) is 0.175. The minimum atomic E-state index is 0.656. The summed E-state index contributed by atoms with van der Waals surface area (Å²) < 4.78 is 0. The van der Waals surface area contributed by atoms with Crippen molar-refractivity contribution in [2.24, 2.45) is 0 Å². The molecule has 0 spiro atoms. The highest BCUT2D eigenvalue weighted by molar-refractivity contribution is 6.24. The molecular weight excluding hydrogens is 458 g/mol. The van der Waals surface area contributed by atoms with Crippen molar-refractivity contribution in [3.05, 3.63) is 151 Å². The smallest absolute Gasteiger partial charge is 0.187 e. The van der Waals surface area contributed by atoms with Gasteiger partial charge in [0.25, 0.3) is 0 Å². The molecule has 38 heavy (non-hydrogen) atoms. The first-order valence-corrected chi connectivity index (χ1v) is 12.8. The average molecular weight is 482 g/mol. The van der Waals surface area contributed by atoms with Gasteiger partial charge in [-0.3, -0.25) is 0 Å². The molecule has 0 fully saturated rings. The Morgan fingerprint density at radius 3 is 1.34 bits per heavy atom. The lowest BCUT2D eigenvalue weighted by Gasteiger charge is -2.19. The summed E-state index contributed by atoms with van der Waals surface area (Å²) in [6, 6.07) is 49.4. The van der Waals surface area contributed by atoms with Crippen molar-refractivity contribution in [1.29, 1.82) is 0 Å². The third-order valence-corrected chi connectivity index (χ3v) is 7.49. The highest BCUT2D eigenvalue weighted by Crippen LogP contribution is 2.46. The van der Waals surface area contributed by atoms with Gasteiger partial charge < -0.3 is 0 Å². The normalized spacial score (nSPS) is 11.1. The summed E-state index contributed by atoms with van der Waals surface area (Å²) in [6.45, 7) is 7.37. The molecule has 0 aliphatic carbocycles. The molecule has 0 saturated carbocycles. The van der Waals surface area contributed by atoms with Crippen molar-refractivity contribution in [3.8, 4) is 33.4 Å². The van der Waals surface area contributed by atoms with E-state index in [1.165, 1.54) is 60.1 Å².